The highest BCUT2D eigenvalue weighted by atomic mass is 15.1. The van der Waals surface area contributed by atoms with E-state index in [1.807, 2.05) is 18.2 Å². The lowest BCUT2D eigenvalue weighted by atomic mass is 9.70. The van der Waals surface area contributed by atoms with Crippen molar-refractivity contribution in [1.29, 1.82) is 0 Å². The maximum absolute atomic E-state index is 4.11. The van der Waals surface area contributed by atoms with Gasteiger partial charge in [0.2, 0.25) is 0 Å². The minimum Gasteiger partial charge on any atom is -0.310 e. The van der Waals surface area contributed by atoms with Crippen molar-refractivity contribution < 1.29 is 0 Å². The summed E-state index contributed by atoms with van der Waals surface area (Å²) in [5.74, 6) is 0. The van der Waals surface area contributed by atoms with Crippen LogP contribution in [0.25, 0.3) is 79.0 Å². The third kappa shape index (κ3) is 5.96. The highest BCUT2D eigenvalue weighted by Crippen LogP contribution is 2.63. The van der Waals surface area contributed by atoms with Crippen LogP contribution in [0.3, 0.4) is 0 Å². The van der Waals surface area contributed by atoms with Crippen LogP contribution >= 0.6 is 0 Å². The largest absolute Gasteiger partial charge is 0.310 e. The summed E-state index contributed by atoms with van der Waals surface area (Å²) < 4.78 is 2.36. The molecule has 2 aliphatic rings. The molecule has 0 aliphatic heterocycles. The van der Waals surface area contributed by atoms with Gasteiger partial charge in [-0.25, -0.2) is 0 Å². The lowest BCUT2D eigenvalue weighted by molar-refractivity contribution is 0.794. The summed E-state index contributed by atoms with van der Waals surface area (Å²) in [6.45, 7) is 12.5. The molecule has 1 heterocycles. The molecule has 10 aromatic rings. The number of rotatable bonds is 8. The van der Waals surface area contributed by atoms with Crippen molar-refractivity contribution in [1.82, 2.24) is 4.57 Å². The molecule has 2 nitrogen and oxygen atoms in total. The Labute approximate surface area is 392 Å². The Morgan fingerprint density at radius 3 is 1.79 bits per heavy atom. The second-order valence-corrected chi connectivity index (χ2v) is 17.6. The number of para-hydroxylation sites is 1. The summed E-state index contributed by atoms with van der Waals surface area (Å²) in [7, 11) is 0. The Bertz CT molecular complexity index is 3760. The van der Waals surface area contributed by atoms with E-state index in [1.165, 1.54) is 88.1 Å². The molecule has 0 atom stereocenters. The van der Waals surface area contributed by atoms with Crippen LogP contribution in [0, 0.1) is 6.92 Å². The molecule has 0 fully saturated rings. The van der Waals surface area contributed by atoms with E-state index >= 15 is 0 Å². The third-order valence-electron chi connectivity index (χ3n) is 14.3. The first-order valence-electron chi connectivity index (χ1n) is 23.2. The van der Waals surface area contributed by atoms with Crippen LogP contribution in [-0.4, -0.2) is 4.57 Å². The summed E-state index contributed by atoms with van der Waals surface area (Å²) in [5.41, 5.74) is 20.5. The van der Waals surface area contributed by atoms with Gasteiger partial charge in [-0.15, -0.1) is 0 Å². The Hall–Kier alpha value is -8.46. The molecule has 0 saturated carbocycles. The van der Waals surface area contributed by atoms with Gasteiger partial charge >= 0.3 is 0 Å². The van der Waals surface area contributed by atoms with Crippen molar-refractivity contribution in [2.24, 2.45) is 0 Å². The average Bonchev–Trinajstić information content (AvgIpc) is 3.97. The van der Waals surface area contributed by atoms with E-state index in [0.717, 1.165) is 33.6 Å². The van der Waals surface area contributed by atoms with Gasteiger partial charge in [-0.1, -0.05) is 189 Å². The molecule has 67 heavy (non-hydrogen) atoms. The van der Waals surface area contributed by atoms with Crippen LogP contribution in [-0.2, 0) is 5.41 Å². The van der Waals surface area contributed by atoms with Crippen molar-refractivity contribution in [2.45, 2.75) is 19.3 Å². The van der Waals surface area contributed by atoms with Crippen LogP contribution in [0.15, 0.2) is 226 Å². The topological polar surface area (TPSA) is 8.17 Å². The summed E-state index contributed by atoms with van der Waals surface area (Å²) in [6.07, 6.45) is 12.3. The molecule has 0 saturated heterocycles. The number of allylic oxidation sites excluding steroid dienone is 3. The molecule has 318 valence electrons. The second-order valence-electron chi connectivity index (χ2n) is 17.6. The Morgan fingerprint density at radius 2 is 1.12 bits per heavy atom. The predicted molar refractivity (Wildman–Crippen MR) is 285 cm³/mol. The van der Waals surface area contributed by atoms with Crippen LogP contribution < -0.4 is 15.5 Å². The van der Waals surface area contributed by atoms with Crippen molar-refractivity contribution in [3.8, 4) is 39.1 Å². The number of hydrogen-bond donors (Lipinski definition) is 0. The molecule has 0 unspecified atom stereocenters. The van der Waals surface area contributed by atoms with Crippen LogP contribution in [0.1, 0.15) is 40.3 Å². The van der Waals surface area contributed by atoms with Gasteiger partial charge in [-0.2, -0.15) is 0 Å². The molecule has 0 amide bonds. The SMILES string of the molecule is C=C/C=C\c1c(C)c(N(c2ccc(-c3ccc4c(c3)-c3ccccc3C43c4ccccc4-c4ccccc43)cc2)c2ccc3c(=C/C)/c(=C\C=C)n(-c4ccccc4)c3c2)cc2ccccc12. The van der Waals surface area contributed by atoms with Crippen molar-refractivity contribution >= 4 is 57.0 Å². The molecule has 9 aromatic carbocycles. The first kappa shape index (κ1) is 40.1. The minimum atomic E-state index is -0.360. The lowest BCUT2D eigenvalue weighted by Gasteiger charge is -2.30. The summed E-state index contributed by atoms with van der Waals surface area (Å²) in [6, 6.07) is 72.0. The van der Waals surface area contributed by atoms with Gasteiger partial charge in [0, 0.05) is 27.7 Å². The Morgan fingerprint density at radius 1 is 0.522 bits per heavy atom. The molecule has 0 N–H and O–H groups in total. The maximum Gasteiger partial charge on any atom is 0.0725 e. The zero-order chi connectivity index (χ0) is 45.2. The van der Waals surface area contributed by atoms with E-state index < -0.39 is 0 Å². The Kier molecular flexibility index (Phi) is 9.51. The average molecular weight is 857 g/mol. The molecule has 1 spiro atoms. The van der Waals surface area contributed by atoms with Crippen molar-refractivity contribution in [2.75, 3.05) is 4.90 Å². The van der Waals surface area contributed by atoms with Gasteiger partial charge in [0.25, 0.3) is 0 Å². The minimum absolute atomic E-state index is 0.360. The highest BCUT2D eigenvalue weighted by Gasteiger charge is 2.51. The van der Waals surface area contributed by atoms with E-state index in [2.05, 4.69) is 249 Å². The van der Waals surface area contributed by atoms with Gasteiger partial charge in [0.1, 0.15) is 0 Å². The first-order valence-corrected chi connectivity index (χ1v) is 23.2. The zero-order valence-electron chi connectivity index (χ0n) is 37.7. The molecule has 2 aliphatic carbocycles. The maximum atomic E-state index is 4.11. The fourth-order valence-corrected chi connectivity index (χ4v) is 11.5. The van der Waals surface area contributed by atoms with Crippen LogP contribution in [0.4, 0.5) is 17.1 Å². The van der Waals surface area contributed by atoms with Gasteiger partial charge in [0.05, 0.1) is 22.0 Å². The van der Waals surface area contributed by atoms with E-state index in [0.29, 0.717) is 0 Å². The van der Waals surface area contributed by atoms with Crippen molar-refractivity contribution in [3.05, 3.63) is 269 Å². The highest BCUT2D eigenvalue weighted by molar-refractivity contribution is 6.00. The fraction of sp³-hybridized carbons (Fsp3) is 0.0462. The quantitative estimate of drug-likeness (QED) is 0.138. The standard InChI is InChI=1S/C65H48N2/c1-5-8-24-51-43(4)63(41-46-21-12-13-25-52(46)51)66(49-37-38-56-50(7-3)62(20-6-2)67(64(56)42-49)47-22-10-9-11-23-47)48-35-32-44(33-36-48)45-34-39-61-57(40-45)55-28-16-19-31-60(55)65(61)58-29-17-14-26-53(58)54-27-15-18-30-59(54)65/h5-42H,1-2H2,3-4H3/b24-8-,50-7-,62-20+. The molecule has 0 bridgehead atoms. The molecule has 1 aromatic heterocycles. The third-order valence-corrected chi connectivity index (χ3v) is 14.3. The monoisotopic (exact) mass is 856 g/mol. The van der Waals surface area contributed by atoms with Gasteiger partial charge < -0.3 is 9.47 Å². The molecular weight excluding hydrogens is 809 g/mol. The van der Waals surface area contributed by atoms with Gasteiger partial charge in [-0.05, 0) is 146 Å². The summed E-state index contributed by atoms with van der Waals surface area (Å²) in [4.78, 5) is 2.43. The van der Waals surface area contributed by atoms with Gasteiger partial charge in [0.15, 0.2) is 0 Å². The zero-order valence-corrected chi connectivity index (χ0v) is 37.7. The number of hydrogen-bond acceptors (Lipinski definition) is 1. The van der Waals surface area contributed by atoms with Crippen LogP contribution in [0.2, 0.25) is 0 Å². The van der Waals surface area contributed by atoms with E-state index in [-0.39, 0.29) is 5.41 Å². The molecule has 12 rings (SSSR count). The fourth-order valence-electron chi connectivity index (χ4n) is 11.5. The molecular formula is C65H48N2. The van der Waals surface area contributed by atoms with E-state index in [4.69, 9.17) is 0 Å². The Balaban J connectivity index is 1.04. The van der Waals surface area contributed by atoms with Gasteiger partial charge in [-0.3, -0.25) is 0 Å². The first-order chi connectivity index (χ1) is 33.0. The van der Waals surface area contributed by atoms with E-state index in [1.54, 1.807) is 0 Å². The van der Waals surface area contributed by atoms with Crippen LogP contribution in [0.5, 0.6) is 0 Å². The predicted octanol–water partition coefficient (Wildman–Crippen LogP) is 15.5. The molecule has 0 radical (unpaired) electrons. The number of aromatic nitrogens is 1. The molecule has 2 heteroatoms. The lowest BCUT2D eigenvalue weighted by Crippen LogP contribution is -2.27. The summed E-state index contributed by atoms with van der Waals surface area (Å²) >= 11 is 0. The summed E-state index contributed by atoms with van der Waals surface area (Å²) in [5, 5.41) is 5.87. The smallest absolute Gasteiger partial charge is 0.0725 e. The van der Waals surface area contributed by atoms with E-state index in [9.17, 15) is 0 Å². The number of benzene rings is 9. The second kappa shape index (κ2) is 15.9. The number of anilines is 3. The number of nitrogens with zero attached hydrogens (tertiary/aromatic N) is 2. The van der Waals surface area contributed by atoms with Crippen molar-refractivity contribution in [3.63, 3.8) is 0 Å². The number of fused-ring (bicyclic) bond motifs is 12. The normalized spacial score (nSPS) is 13.6.